The standard InChI is InChI=1S/C26H29F3N5O2P/c1-15-18(11-19(30)12-22(15)26(27,28)29)14-31-24-21-13-20(5-6-23(21)32-16(2)33-24)37(36)9-7-34(8-10-37)25(35)17-3-4-17/h5-6,11-13,17H,3-4,7-10,14,30H2,1-2H3,(H,31,32,33). The normalized spacial score (nSPS) is 17.7. The molecular weight excluding hydrogens is 502 g/mol. The summed E-state index contributed by atoms with van der Waals surface area (Å²) in [5.74, 6) is 1.27. The zero-order valence-electron chi connectivity index (χ0n) is 20.7. The highest BCUT2D eigenvalue weighted by Crippen LogP contribution is 2.47. The van der Waals surface area contributed by atoms with Crippen LogP contribution in [0.1, 0.15) is 35.4 Å². The number of aromatic nitrogens is 2. The molecule has 0 spiro atoms. The summed E-state index contributed by atoms with van der Waals surface area (Å²) in [5.41, 5.74) is 6.19. The molecule has 2 fully saturated rings. The molecule has 37 heavy (non-hydrogen) atoms. The summed E-state index contributed by atoms with van der Waals surface area (Å²) in [6.45, 7) is 4.20. The Morgan fingerprint density at radius 2 is 1.84 bits per heavy atom. The lowest BCUT2D eigenvalue weighted by Gasteiger charge is -2.32. The molecule has 0 radical (unpaired) electrons. The number of anilines is 2. The number of fused-ring (bicyclic) bond motifs is 1. The van der Waals surface area contributed by atoms with Crippen LogP contribution in [0.2, 0.25) is 0 Å². The lowest BCUT2D eigenvalue weighted by Crippen LogP contribution is -2.41. The van der Waals surface area contributed by atoms with Crippen molar-refractivity contribution in [1.82, 2.24) is 14.9 Å². The van der Waals surface area contributed by atoms with E-state index in [-0.39, 0.29) is 29.6 Å². The largest absolute Gasteiger partial charge is 0.416 e. The maximum Gasteiger partial charge on any atom is 0.416 e. The van der Waals surface area contributed by atoms with E-state index in [4.69, 9.17) is 5.73 Å². The fourth-order valence-corrected chi connectivity index (χ4v) is 7.51. The van der Waals surface area contributed by atoms with E-state index < -0.39 is 18.9 Å². The monoisotopic (exact) mass is 531 g/mol. The molecule has 1 saturated heterocycles. The van der Waals surface area contributed by atoms with Crippen molar-refractivity contribution in [1.29, 1.82) is 0 Å². The lowest BCUT2D eigenvalue weighted by molar-refractivity contribution is -0.138. The summed E-state index contributed by atoms with van der Waals surface area (Å²) in [5, 5.41) is 4.51. The molecule has 11 heteroatoms. The van der Waals surface area contributed by atoms with Crippen molar-refractivity contribution in [2.45, 2.75) is 39.4 Å². The van der Waals surface area contributed by atoms with E-state index in [1.807, 2.05) is 17.0 Å². The van der Waals surface area contributed by atoms with Gasteiger partial charge in [0.1, 0.15) is 18.8 Å². The Bertz CT molecular complexity index is 1430. The number of nitrogens with two attached hydrogens (primary N) is 1. The second-order valence-corrected chi connectivity index (χ2v) is 13.2. The van der Waals surface area contributed by atoms with E-state index in [1.54, 1.807) is 13.0 Å². The van der Waals surface area contributed by atoms with Crippen LogP contribution in [0.15, 0.2) is 30.3 Å². The Morgan fingerprint density at radius 1 is 1.14 bits per heavy atom. The van der Waals surface area contributed by atoms with Gasteiger partial charge in [-0.1, -0.05) is 0 Å². The fourth-order valence-electron chi connectivity index (χ4n) is 4.93. The number of nitrogens with zero attached hydrogens (tertiary/aromatic N) is 3. The van der Waals surface area contributed by atoms with E-state index in [0.717, 1.165) is 18.9 Å². The number of halogens is 3. The molecule has 1 aliphatic carbocycles. The highest BCUT2D eigenvalue weighted by Gasteiger charge is 2.38. The molecule has 196 valence electrons. The molecule has 5 rings (SSSR count). The second-order valence-electron chi connectivity index (χ2n) is 9.96. The van der Waals surface area contributed by atoms with Crippen LogP contribution in [0, 0.1) is 19.8 Å². The lowest BCUT2D eigenvalue weighted by atomic mass is 10.0. The van der Waals surface area contributed by atoms with Gasteiger partial charge in [0, 0.05) is 54.3 Å². The summed E-state index contributed by atoms with van der Waals surface area (Å²) < 4.78 is 54.3. The number of nitrogens with one attached hydrogen (secondary N) is 1. The van der Waals surface area contributed by atoms with Crippen LogP contribution in [0.3, 0.4) is 0 Å². The fraction of sp³-hybridized carbons (Fsp3) is 0.423. The van der Waals surface area contributed by atoms with Gasteiger partial charge in [0.2, 0.25) is 5.91 Å². The molecule has 2 aliphatic rings. The van der Waals surface area contributed by atoms with Gasteiger partial charge >= 0.3 is 6.18 Å². The van der Waals surface area contributed by atoms with Gasteiger partial charge in [-0.05, 0) is 68.1 Å². The smallest absolute Gasteiger partial charge is 0.399 e. The minimum Gasteiger partial charge on any atom is -0.399 e. The van der Waals surface area contributed by atoms with Gasteiger partial charge in [-0.2, -0.15) is 13.2 Å². The second kappa shape index (κ2) is 9.31. The first-order valence-electron chi connectivity index (χ1n) is 12.3. The van der Waals surface area contributed by atoms with Gasteiger partial charge in [0.05, 0.1) is 11.1 Å². The number of alkyl halides is 3. The highest BCUT2D eigenvalue weighted by atomic mass is 31.2. The highest BCUT2D eigenvalue weighted by molar-refractivity contribution is 7.71. The number of amides is 1. The average molecular weight is 532 g/mol. The molecular formula is C26H29F3N5O2P. The predicted octanol–water partition coefficient (Wildman–Crippen LogP) is 4.70. The molecule has 3 aromatic rings. The minimum absolute atomic E-state index is 0.0327. The minimum atomic E-state index is -4.51. The van der Waals surface area contributed by atoms with Gasteiger partial charge in [-0.3, -0.25) is 4.79 Å². The van der Waals surface area contributed by atoms with Crippen LogP contribution in [-0.2, 0) is 22.1 Å². The number of hydrogen-bond acceptors (Lipinski definition) is 6. The molecule has 2 aromatic carbocycles. The van der Waals surface area contributed by atoms with Crippen LogP contribution in [0.25, 0.3) is 10.9 Å². The van der Waals surface area contributed by atoms with E-state index in [2.05, 4.69) is 15.3 Å². The van der Waals surface area contributed by atoms with Crippen molar-refractivity contribution in [3.05, 3.63) is 52.8 Å². The van der Waals surface area contributed by atoms with E-state index in [0.29, 0.717) is 58.8 Å². The van der Waals surface area contributed by atoms with Gasteiger partial charge in [0.15, 0.2) is 0 Å². The third-order valence-corrected chi connectivity index (χ3v) is 10.3. The Balaban J connectivity index is 1.42. The van der Waals surface area contributed by atoms with Crippen molar-refractivity contribution in [2.75, 3.05) is 36.5 Å². The topological polar surface area (TPSA) is 101 Å². The van der Waals surface area contributed by atoms with Crippen LogP contribution >= 0.6 is 7.14 Å². The number of hydrogen-bond donors (Lipinski definition) is 2. The summed E-state index contributed by atoms with van der Waals surface area (Å²) in [7, 11) is -2.72. The van der Waals surface area contributed by atoms with Gasteiger partial charge < -0.3 is 20.5 Å². The quantitative estimate of drug-likeness (QED) is 0.366. The number of carbonyl (C=O) groups is 1. The Kier molecular flexibility index (Phi) is 6.42. The summed E-state index contributed by atoms with van der Waals surface area (Å²) >= 11 is 0. The SMILES string of the molecule is Cc1nc(NCc2cc(N)cc(C(F)(F)F)c2C)c2cc(P3(=O)CCN(C(=O)C4CC4)CC3)ccc2n1. The average Bonchev–Trinajstić information content (AvgIpc) is 3.69. The third-order valence-electron chi connectivity index (χ3n) is 7.25. The molecule has 1 amide bonds. The number of carbonyl (C=O) groups excluding carboxylic acids is 1. The summed E-state index contributed by atoms with van der Waals surface area (Å²) in [6, 6.07) is 7.92. The van der Waals surface area contributed by atoms with Crippen molar-refractivity contribution in [3.63, 3.8) is 0 Å². The predicted molar refractivity (Wildman–Crippen MR) is 138 cm³/mol. The Hall–Kier alpha value is -3.13. The van der Waals surface area contributed by atoms with Crippen molar-refractivity contribution >= 4 is 40.8 Å². The zero-order chi connectivity index (χ0) is 26.5. The van der Waals surface area contributed by atoms with Crippen molar-refractivity contribution in [2.24, 2.45) is 5.92 Å². The molecule has 0 unspecified atom stereocenters. The number of nitrogen functional groups attached to an aromatic ring is 1. The zero-order valence-corrected chi connectivity index (χ0v) is 21.6. The van der Waals surface area contributed by atoms with E-state index in [9.17, 15) is 22.5 Å². The first-order valence-corrected chi connectivity index (χ1v) is 14.4. The Morgan fingerprint density at radius 3 is 2.49 bits per heavy atom. The van der Waals surface area contributed by atoms with Crippen LogP contribution in [0.4, 0.5) is 24.7 Å². The van der Waals surface area contributed by atoms with Gasteiger partial charge in [-0.25, -0.2) is 9.97 Å². The van der Waals surface area contributed by atoms with E-state index in [1.165, 1.54) is 13.0 Å². The number of benzene rings is 2. The van der Waals surface area contributed by atoms with Crippen molar-refractivity contribution < 1.29 is 22.5 Å². The van der Waals surface area contributed by atoms with Crippen molar-refractivity contribution in [3.8, 4) is 0 Å². The van der Waals surface area contributed by atoms with Crippen LogP contribution in [-0.4, -0.2) is 46.2 Å². The number of rotatable bonds is 5. The van der Waals surface area contributed by atoms with Crippen LogP contribution < -0.4 is 16.4 Å². The molecule has 1 aromatic heterocycles. The van der Waals surface area contributed by atoms with Crippen LogP contribution in [0.5, 0.6) is 0 Å². The Labute approximate surface area is 213 Å². The maximum atomic E-state index is 13.9. The first kappa shape index (κ1) is 25.5. The molecule has 0 atom stereocenters. The molecule has 0 bridgehead atoms. The number of aryl methyl sites for hydroxylation is 1. The molecule has 7 nitrogen and oxygen atoms in total. The maximum absolute atomic E-state index is 13.9. The summed E-state index contributed by atoms with van der Waals surface area (Å²) in [6.07, 6.45) is -1.77. The van der Waals surface area contributed by atoms with Gasteiger partial charge in [-0.15, -0.1) is 0 Å². The molecule has 2 heterocycles. The third kappa shape index (κ3) is 5.17. The molecule has 1 saturated carbocycles. The molecule has 1 aliphatic heterocycles. The van der Waals surface area contributed by atoms with E-state index >= 15 is 0 Å². The molecule has 3 N–H and O–H groups in total. The summed E-state index contributed by atoms with van der Waals surface area (Å²) in [4.78, 5) is 23.2. The first-order chi connectivity index (χ1) is 17.4. The van der Waals surface area contributed by atoms with Gasteiger partial charge in [0.25, 0.3) is 0 Å².